The van der Waals surface area contributed by atoms with Gasteiger partial charge in [-0.25, -0.2) is 0 Å². The fourth-order valence-corrected chi connectivity index (χ4v) is 6.57. The van der Waals surface area contributed by atoms with Gasteiger partial charge in [0.2, 0.25) is 5.91 Å². The highest BCUT2D eigenvalue weighted by Gasteiger charge is 2.66. The number of rotatable bonds is 3. The lowest BCUT2D eigenvalue weighted by molar-refractivity contribution is -0.179. The minimum absolute atomic E-state index is 0.00223. The molecule has 2 heterocycles. The van der Waals surface area contributed by atoms with E-state index < -0.39 is 16.9 Å². The number of amides is 1. The van der Waals surface area contributed by atoms with Gasteiger partial charge < -0.3 is 24.4 Å². The molecule has 4 atom stereocenters. The van der Waals surface area contributed by atoms with E-state index >= 15 is 0 Å². The molecule has 1 saturated carbocycles. The van der Waals surface area contributed by atoms with Crippen LogP contribution in [-0.4, -0.2) is 85.2 Å². The molecular weight excluding hydrogens is 396 g/mol. The van der Waals surface area contributed by atoms with Gasteiger partial charge in [0.1, 0.15) is 11.5 Å². The zero-order valence-electron chi connectivity index (χ0n) is 18.4. The maximum absolute atomic E-state index is 13.4. The molecule has 0 unspecified atom stereocenters. The number of hydrogen-bond donors (Lipinski definition) is 1. The number of carbonyl (C=O) groups excluding carboxylic acids is 2. The minimum Gasteiger partial charge on any atom is -0.497 e. The number of Topliss-reactive ketones (excluding diaryl/α,β-unsaturated/α-hetero) is 1. The maximum Gasteiger partial charge on any atom is 0.223 e. The predicted octanol–water partition coefficient (Wildman–Crippen LogP) is 1.15. The molecule has 5 rings (SSSR count). The van der Waals surface area contributed by atoms with Crippen LogP contribution in [-0.2, 0) is 26.2 Å². The van der Waals surface area contributed by atoms with E-state index in [9.17, 15) is 14.7 Å². The van der Waals surface area contributed by atoms with Crippen LogP contribution in [0, 0.1) is 5.92 Å². The first-order valence-corrected chi connectivity index (χ1v) is 11.4. The molecule has 2 bridgehead atoms. The van der Waals surface area contributed by atoms with Crippen molar-refractivity contribution in [3.63, 3.8) is 0 Å². The number of nitrogens with zero attached hydrogens (tertiary/aromatic N) is 2. The third-order valence-electron chi connectivity index (χ3n) is 8.32. The zero-order chi connectivity index (χ0) is 21.8. The summed E-state index contributed by atoms with van der Waals surface area (Å²) in [6, 6.07) is 6.01. The Labute approximate surface area is 183 Å². The monoisotopic (exact) mass is 428 g/mol. The van der Waals surface area contributed by atoms with Crippen LogP contribution in [0.15, 0.2) is 18.2 Å². The van der Waals surface area contributed by atoms with Crippen molar-refractivity contribution in [2.75, 3.05) is 47.0 Å². The Hall–Kier alpha value is -1.96. The van der Waals surface area contributed by atoms with Gasteiger partial charge in [-0.15, -0.1) is 0 Å². The second kappa shape index (κ2) is 7.57. The van der Waals surface area contributed by atoms with E-state index in [0.717, 1.165) is 30.7 Å². The van der Waals surface area contributed by atoms with Crippen molar-refractivity contribution in [2.24, 2.45) is 5.92 Å². The fourth-order valence-electron chi connectivity index (χ4n) is 6.57. The number of carbonyl (C=O) groups is 2. The van der Waals surface area contributed by atoms with Crippen molar-refractivity contribution in [1.82, 2.24) is 9.80 Å². The summed E-state index contributed by atoms with van der Waals surface area (Å²) >= 11 is 0. The van der Waals surface area contributed by atoms with E-state index in [1.165, 1.54) is 5.56 Å². The van der Waals surface area contributed by atoms with Crippen LogP contribution < -0.4 is 4.74 Å². The molecule has 1 aromatic carbocycles. The number of aliphatic hydroxyl groups is 1. The first-order valence-electron chi connectivity index (χ1n) is 11.4. The molecule has 0 radical (unpaired) electrons. The van der Waals surface area contributed by atoms with Gasteiger partial charge in [-0.2, -0.15) is 0 Å². The number of methoxy groups -OCH3 is 1. The van der Waals surface area contributed by atoms with E-state index in [-0.39, 0.29) is 30.6 Å². The highest BCUT2D eigenvalue weighted by Crippen LogP contribution is 2.58. The first-order chi connectivity index (χ1) is 14.9. The standard InChI is InChI=1S/C24H32N2O5/c1-25-6-5-23-15-20(27)17(12-22(28)26-7-9-31-10-8-26)14-24(23,29)21(25)11-16-3-4-18(30-2)13-19(16)23/h3-4,13,17,21,29H,5-12,14-15H2,1-2H3/t17-,21+,23+,24+/m0/s1. The highest BCUT2D eigenvalue weighted by molar-refractivity contribution is 5.89. The van der Waals surface area contributed by atoms with E-state index in [2.05, 4.69) is 18.0 Å². The summed E-state index contributed by atoms with van der Waals surface area (Å²) in [5.41, 5.74) is 0.605. The molecule has 168 valence electrons. The SMILES string of the molecule is COc1ccc2c(c1)[C@]13CCN(C)[C@H](C2)[C@]1(O)C[C@H](CC(=O)N1CCOCC1)C(=O)C3. The summed E-state index contributed by atoms with van der Waals surface area (Å²) in [7, 11) is 3.70. The smallest absolute Gasteiger partial charge is 0.223 e. The summed E-state index contributed by atoms with van der Waals surface area (Å²) < 4.78 is 10.8. The van der Waals surface area contributed by atoms with Gasteiger partial charge in [-0.1, -0.05) is 6.07 Å². The predicted molar refractivity (Wildman–Crippen MR) is 114 cm³/mol. The molecule has 1 aromatic rings. The summed E-state index contributed by atoms with van der Waals surface area (Å²) in [5.74, 6) is 0.419. The molecule has 1 amide bonds. The van der Waals surface area contributed by atoms with Crippen LogP contribution >= 0.6 is 0 Å². The number of likely N-dealkylation sites (N-methyl/N-ethyl adjacent to an activating group) is 1. The third kappa shape index (κ3) is 3.12. The average molecular weight is 429 g/mol. The Bertz CT molecular complexity index is 898. The average Bonchev–Trinajstić information content (AvgIpc) is 2.77. The number of likely N-dealkylation sites (tertiary alicyclic amines) is 1. The van der Waals surface area contributed by atoms with Crippen LogP contribution in [0.2, 0.25) is 0 Å². The Morgan fingerprint density at radius 2 is 2.06 bits per heavy atom. The molecule has 2 saturated heterocycles. The largest absolute Gasteiger partial charge is 0.497 e. The zero-order valence-corrected chi connectivity index (χ0v) is 18.4. The highest BCUT2D eigenvalue weighted by atomic mass is 16.5. The Morgan fingerprint density at radius 1 is 1.29 bits per heavy atom. The summed E-state index contributed by atoms with van der Waals surface area (Å²) in [6.07, 6.45) is 2.28. The fraction of sp³-hybridized carbons (Fsp3) is 0.667. The van der Waals surface area contributed by atoms with Gasteiger partial charge in [0.25, 0.3) is 0 Å². The number of benzene rings is 1. The van der Waals surface area contributed by atoms with Crippen molar-refractivity contribution in [1.29, 1.82) is 0 Å². The van der Waals surface area contributed by atoms with Crippen molar-refractivity contribution >= 4 is 11.7 Å². The van der Waals surface area contributed by atoms with E-state index in [4.69, 9.17) is 9.47 Å². The molecule has 0 spiro atoms. The van der Waals surface area contributed by atoms with Crippen molar-refractivity contribution in [3.05, 3.63) is 29.3 Å². The Kier molecular flexibility index (Phi) is 5.11. The summed E-state index contributed by atoms with van der Waals surface area (Å²) in [4.78, 5) is 30.3. The maximum atomic E-state index is 13.4. The second-order valence-corrected chi connectivity index (χ2v) is 9.72. The number of ether oxygens (including phenoxy) is 2. The van der Waals surface area contributed by atoms with Crippen molar-refractivity contribution in [3.8, 4) is 5.75 Å². The number of piperidine rings is 1. The first kappa shape index (κ1) is 20.9. The molecule has 7 nitrogen and oxygen atoms in total. The second-order valence-electron chi connectivity index (χ2n) is 9.72. The van der Waals surface area contributed by atoms with Crippen LogP contribution in [0.5, 0.6) is 5.75 Å². The van der Waals surface area contributed by atoms with E-state index in [1.54, 1.807) is 12.0 Å². The van der Waals surface area contributed by atoms with Crippen molar-refractivity contribution in [2.45, 2.75) is 49.2 Å². The Morgan fingerprint density at radius 3 is 2.81 bits per heavy atom. The molecule has 0 aromatic heterocycles. The normalized spacial score (nSPS) is 35.3. The molecule has 2 aliphatic heterocycles. The summed E-state index contributed by atoms with van der Waals surface area (Å²) in [6.45, 7) is 3.08. The lowest BCUT2D eigenvalue weighted by Crippen LogP contribution is -2.73. The quantitative estimate of drug-likeness (QED) is 0.778. The number of fused-ring (bicyclic) bond motifs is 1. The van der Waals surface area contributed by atoms with Crippen LogP contribution in [0.3, 0.4) is 0 Å². The molecule has 31 heavy (non-hydrogen) atoms. The molecule has 1 N–H and O–H groups in total. The number of morpholine rings is 1. The van der Waals surface area contributed by atoms with E-state index in [1.807, 2.05) is 12.1 Å². The van der Waals surface area contributed by atoms with Gasteiger partial charge in [0.15, 0.2) is 0 Å². The van der Waals surface area contributed by atoms with Gasteiger partial charge in [-0.05, 0) is 56.1 Å². The summed E-state index contributed by atoms with van der Waals surface area (Å²) in [5, 5.41) is 12.3. The van der Waals surface area contributed by atoms with Gasteiger partial charge in [0.05, 0.1) is 25.9 Å². The number of ketones is 1. The van der Waals surface area contributed by atoms with Crippen molar-refractivity contribution < 1.29 is 24.2 Å². The lowest BCUT2D eigenvalue weighted by atomic mass is 9.47. The molecule has 3 fully saturated rings. The van der Waals surface area contributed by atoms with E-state index in [0.29, 0.717) is 32.7 Å². The van der Waals surface area contributed by atoms with Gasteiger partial charge in [-0.3, -0.25) is 9.59 Å². The molecule has 7 heteroatoms. The van der Waals surface area contributed by atoms with Crippen LogP contribution in [0.25, 0.3) is 0 Å². The lowest BCUT2D eigenvalue weighted by Gasteiger charge is -2.63. The molecule has 4 aliphatic rings. The topological polar surface area (TPSA) is 79.3 Å². The third-order valence-corrected chi connectivity index (χ3v) is 8.32. The Balaban J connectivity index is 1.49. The van der Waals surface area contributed by atoms with Gasteiger partial charge in [0, 0.05) is 43.3 Å². The number of hydrogen-bond acceptors (Lipinski definition) is 6. The molecule has 2 aliphatic carbocycles. The van der Waals surface area contributed by atoms with Crippen LogP contribution in [0.1, 0.15) is 36.8 Å². The van der Waals surface area contributed by atoms with Gasteiger partial charge >= 0.3 is 0 Å². The minimum atomic E-state index is -1.04. The molecular formula is C24H32N2O5. The van der Waals surface area contributed by atoms with Crippen LogP contribution in [0.4, 0.5) is 0 Å².